The van der Waals surface area contributed by atoms with Gasteiger partial charge in [0.05, 0.1) is 18.2 Å². The van der Waals surface area contributed by atoms with Gasteiger partial charge in [0.25, 0.3) is 5.91 Å². The first kappa shape index (κ1) is 19.8. The minimum absolute atomic E-state index is 0.0778. The van der Waals surface area contributed by atoms with Crippen molar-refractivity contribution in [2.75, 3.05) is 21.2 Å². The molecule has 2 aromatic carbocycles. The van der Waals surface area contributed by atoms with E-state index in [2.05, 4.69) is 4.98 Å². The highest BCUT2D eigenvalue weighted by atomic mass is 32.1. The minimum Gasteiger partial charge on any atom is -0.497 e. The zero-order valence-corrected chi connectivity index (χ0v) is 18.0. The highest BCUT2D eigenvalue weighted by Gasteiger charge is 2.17. The molecule has 0 aliphatic rings. The van der Waals surface area contributed by atoms with Gasteiger partial charge in [-0.05, 0) is 25.1 Å². The molecular formula is C23H21N3O3S. The van der Waals surface area contributed by atoms with Crippen molar-refractivity contribution in [1.82, 2.24) is 9.88 Å². The summed E-state index contributed by atoms with van der Waals surface area (Å²) in [6.07, 6.45) is 0. The first-order valence-corrected chi connectivity index (χ1v) is 10.2. The monoisotopic (exact) mass is 419 g/mol. The van der Waals surface area contributed by atoms with E-state index in [1.807, 2.05) is 61.5 Å². The quantitative estimate of drug-likeness (QED) is 0.476. The first-order valence-electron chi connectivity index (χ1n) is 9.37. The van der Waals surface area contributed by atoms with Gasteiger partial charge >= 0.3 is 0 Å². The third-order valence-electron chi connectivity index (χ3n) is 4.61. The molecule has 0 saturated carbocycles. The van der Waals surface area contributed by atoms with Gasteiger partial charge in [-0.2, -0.15) is 0 Å². The molecule has 6 nitrogen and oxygen atoms in total. The molecule has 0 radical (unpaired) electrons. The van der Waals surface area contributed by atoms with Gasteiger partial charge in [-0.1, -0.05) is 41.7 Å². The molecule has 1 amide bonds. The lowest BCUT2D eigenvalue weighted by Gasteiger charge is -2.07. The lowest BCUT2D eigenvalue weighted by atomic mass is 10.1. The number of carbonyl (C=O) groups is 1. The van der Waals surface area contributed by atoms with Gasteiger partial charge in [-0.25, -0.2) is 9.98 Å². The molecule has 4 aromatic rings. The molecule has 0 atom stereocenters. The largest absolute Gasteiger partial charge is 0.497 e. The van der Waals surface area contributed by atoms with Crippen molar-refractivity contribution in [2.24, 2.45) is 4.99 Å². The molecule has 0 fully saturated rings. The number of carbonyl (C=O) groups excluding carboxylic acids is 1. The van der Waals surface area contributed by atoms with Crippen LogP contribution in [0.4, 0.5) is 5.13 Å². The summed E-state index contributed by atoms with van der Waals surface area (Å²) in [5, 5.41) is 2.03. The lowest BCUT2D eigenvalue weighted by Crippen LogP contribution is -2.21. The zero-order chi connectivity index (χ0) is 21.3. The van der Waals surface area contributed by atoms with E-state index < -0.39 is 0 Å². The Balaban J connectivity index is 1.94. The Kier molecular flexibility index (Phi) is 5.37. The molecule has 0 bridgehead atoms. The Labute approximate surface area is 178 Å². The number of aromatic nitrogens is 1. The van der Waals surface area contributed by atoms with Crippen LogP contribution in [0.5, 0.6) is 5.75 Å². The lowest BCUT2D eigenvalue weighted by molar-refractivity contribution is 0.0831. The number of thiazole rings is 1. The van der Waals surface area contributed by atoms with Crippen LogP contribution in [0, 0.1) is 6.92 Å². The summed E-state index contributed by atoms with van der Waals surface area (Å²) in [5.74, 6) is 1.33. The minimum atomic E-state index is -0.0778. The summed E-state index contributed by atoms with van der Waals surface area (Å²) < 4.78 is 11.5. The van der Waals surface area contributed by atoms with Crippen molar-refractivity contribution in [2.45, 2.75) is 6.92 Å². The van der Waals surface area contributed by atoms with E-state index in [0.29, 0.717) is 38.2 Å². The van der Waals surface area contributed by atoms with Gasteiger partial charge in [0, 0.05) is 31.1 Å². The second-order valence-corrected chi connectivity index (χ2v) is 7.92. The van der Waals surface area contributed by atoms with E-state index in [9.17, 15) is 4.79 Å². The maximum absolute atomic E-state index is 12.4. The molecule has 2 aromatic heterocycles. The molecule has 152 valence electrons. The summed E-state index contributed by atoms with van der Waals surface area (Å²) >= 11 is 1.28. The van der Waals surface area contributed by atoms with Crippen molar-refractivity contribution in [3.05, 3.63) is 70.5 Å². The fourth-order valence-corrected chi connectivity index (χ4v) is 4.02. The van der Waals surface area contributed by atoms with Crippen molar-refractivity contribution < 1.29 is 13.9 Å². The number of hydrogen-bond donors (Lipinski definition) is 0. The molecule has 0 spiro atoms. The molecule has 0 N–H and O–H groups in total. The van der Waals surface area contributed by atoms with Crippen molar-refractivity contribution in [3.8, 4) is 17.1 Å². The second kappa shape index (κ2) is 8.12. The summed E-state index contributed by atoms with van der Waals surface area (Å²) in [6.45, 7) is 1.82. The predicted octanol–water partition coefficient (Wildman–Crippen LogP) is 4.81. The Hall–Kier alpha value is -3.45. The average Bonchev–Trinajstić information content (AvgIpc) is 3.13. The molecule has 0 aliphatic carbocycles. The molecule has 7 heteroatoms. The van der Waals surface area contributed by atoms with Crippen molar-refractivity contribution >= 4 is 33.3 Å². The Bertz CT molecular complexity index is 1290. The normalized spacial score (nSPS) is 11.7. The average molecular weight is 420 g/mol. The van der Waals surface area contributed by atoms with E-state index in [1.165, 1.54) is 11.3 Å². The van der Waals surface area contributed by atoms with E-state index in [1.54, 1.807) is 26.1 Å². The van der Waals surface area contributed by atoms with Gasteiger partial charge in [0.2, 0.25) is 5.13 Å². The number of methoxy groups -OCH3 is 1. The fourth-order valence-electron chi connectivity index (χ4n) is 3.05. The van der Waals surface area contributed by atoms with Crippen molar-refractivity contribution in [3.63, 3.8) is 0 Å². The van der Waals surface area contributed by atoms with E-state index in [0.717, 1.165) is 10.9 Å². The maximum atomic E-state index is 12.4. The number of ether oxygens (including phenoxy) is 1. The highest BCUT2D eigenvalue weighted by Crippen LogP contribution is 2.28. The zero-order valence-electron chi connectivity index (χ0n) is 17.2. The van der Waals surface area contributed by atoms with E-state index >= 15 is 0 Å². The number of rotatable bonds is 4. The standard InChI is InChI=1S/C23H21N3O3S/c1-14-21(22(27)26(2)3)30-23(24-14)25-18-13-20(15-8-6-5-7-9-15)29-19-11-10-16(28-4)12-17(18)19/h5-13H,1-4H3/b25-18+. The topological polar surface area (TPSA) is 67.9 Å². The Morgan fingerprint density at radius 2 is 1.90 bits per heavy atom. The molecule has 0 saturated heterocycles. The molecule has 4 rings (SSSR count). The summed E-state index contributed by atoms with van der Waals surface area (Å²) in [4.78, 5) is 23.8. The number of benzene rings is 2. The van der Waals surface area contributed by atoms with Crippen LogP contribution in [0.1, 0.15) is 15.4 Å². The van der Waals surface area contributed by atoms with Crippen molar-refractivity contribution in [1.29, 1.82) is 0 Å². The van der Waals surface area contributed by atoms with Crippen LogP contribution in [-0.2, 0) is 0 Å². The van der Waals surface area contributed by atoms with E-state index in [-0.39, 0.29) is 5.91 Å². The molecule has 0 unspecified atom stereocenters. The Morgan fingerprint density at radius 1 is 1.13 bits per heavy atom. The number of aryl methyl sites for hydroxylation is 1. The molecule has 0 aliphatic heterocycles. The molecule has 2 heterocycles. The number of amides is 1. The highest BCUT2D eigenvalue weighted by molar-refractivity contribution is 7.17. The van der Waals surface area contributed by atoms with E-state index in [4.69, 9.17) is 14.1 Å². The van der Waals surface area contributed by atoms with Gasteiger partial charge in [0.1, 0.15) is 22.0 Å². The van der Waals surface area contributed by atoms with Gasteiger partial charge < -0.3 is 14.1 Å². The van der Waals surface area contributed by atoms with Crippen LogP contribution in [0.2, 0.25) is 0 Å². The number of nitrogens with zero attached hydrogens (tertiary/aromatic N) is 3. The summed E-state index contributed by atoms with van der Waals surface area (Å²) in [5.41, 5.74) is 2.31. The Morgan fingerprint density at radius 3 is 2.60 bits per heavy atom. The summed E-state index contributed by atoms with van der Waals surface area (Å²) in [7, 11) is 5.07. The second-order valence-electron chi connectivity index (χ2n) is 6.95. The van der Waals surface area contributed by atoms with Crippen LogP contribution in [0.25, 0.3) is 22.3 Å². The molecule has 30 heavy (non-hydrogen) atoms. The van der Waals surface area contributed by atoms with Crippen LogP contribution >= 0.6 is 11.3 Å². The third kappa shape index (κ3) is 3.84. The van der Waals surface area contributed by atoms with Gasteiger partial charge in [-0.15, -0.1) is 0 Å². The third-order valence-corrected chi connectivity index (χ3v) is 5.65. The number of fused-ring (bicyclic) bond motifs is 1. The first-order chi connectivity index (χ1) is 14.5. The SMILES string of the molecule is COc1ccc2oc(-c3ccccc3)c/c(=N\c3nc(C)c(C(=O)N(C)C)s3)c2c1. The van der Waals surface area contributed by atoms with Crippen LogP contribution in [-0.4, -0.2) is 37.0 Å². The van der Waals surface area contributed by atoms with Crippen LogP contribution in [0.15, 0.2) is 64.0 Å². The fraction of sp³-hybridized carbons (Fsp3) is 0.174. The van der Waals surface area contributed by atoms with Gasteiger partial charge in [-0.3, -0.25) is 4.79 Å². The predicted molar refractivity (Wildman–Crippen MR) is 118 cm³/mol. The van der Waals surface area contributed by atoms with Crippen LogP contribution in [0.3, 0.4) is 0 Å². The smallest absolute Gasteiger partial charge is 0.265 e. The van der Waals surface area contributed by atoms with Crippen LogP contribution < -0.4 is 10.1 Å². The maximum Gasteiger partial charge on any atom is 0.265 e. The number of hydrogen-bond acceptors (Lipinski definition) is 6. The molecular weight excluding hydrogens is 398 g/mol. The summed E-state index contributed by atoms with van der Waals surface area (Å²) in [6, 6.07) is 17.4. The van der Waals surface area contributed by atoms with Gasteiger partial charge in [0.15, 0.2) is 0 Å².